The lowest BCUT2D eigenvalue weighted by atomic mass is 10.1. The summed E-state index contributed by atoms with van der Waals surface area (Å²) in [4.78, 5) is 23.4. The predicted octanol–water partition coefficient (Wildman–Crippen LogP) is 2.29. The van der Waals surface area contributed by atoms with E-state index in [1.807, 2.05) is 0 Å². The number of esters is 1. The highest BCUT2D eigenvalue weighted by Gasteiger charge is 2.22. The number of nitrogens with zero attached hydrogens (tertiary/aromatic N) is 2. The first kappa shape index (κ1) is 14.0. The molecule has 0 N–H and O–H groups in total. The van der Waals surface area contributed by atoms with Crippen LogP contribution in [0.25, 0.3) is 0 Å². The van der Waals surface area contributed by atoms with Crippen LogP contribution in [0.5, 0.6) is 0 Å². The molecule has 1 aliphatic heterocycles. The highest BCUT2D eigenvalue weighted by molar-refractivity contribution is 5.81. The number of piperidine rings is 1. The number of hydrogen-bond donors (Lipinski definition) is 0. The van der Waals surface area contributed by atoms with Crippen LogP contribution in [0.1, 0.15) is 12.8 Å². The summed E-state index contributed by atoms with van der Waals surface area (Å²) in [5, 5.41) is 10.6. The Morgan fingerprint density at radius 1 is 1.35 bits per heavy atom. The molecule has 1 aromatic carbocycles. The van der Waals surface area contributed by atoms with Crippen molar-refractivity contribution in [2.75, 3.05) is 18.0 Å². The number of rotatable bonds is 4. The fourth-order valence-corrected chi connectivity index (χ4v) is 2.23. The van der Waals surface area contributed by atoms with Gasteiger partial charge >= 0.3 is 5.97 Å². The van der Waals surface area contributed by atoms with Gasteiger partial charge in [0.2, 0.25) is 0 Å². The highest BCUT2D eigenvalue weighted by Crippen LogP contribution is 2.23. The maximum absolute atomic E-state index is 11.1. The predicted molar refractivity (Wildman–Crippen MR) is 74.6 cm³/mol. The molecular formula is C14H16N2O4. The summed E-state index contributed by atoms with van der Waals surface area (Å²) >= 11 is 0. The molecule has 106 valence electrons. The minimum absolute atomic E-state index is 0.0743. The molecule has 1 fully saturated rings. The van der Waals surface area contributed by atoms with Gasteiger partial charge in [-0.2, -0.15) is 0 Å². The number of non-ortho nitro benzene ring substituents is 1. The molecule has 1 saturated heterocycles. The van der Waals surface area contributed by atoms with Gasteiger partial charge in [0, 0.05) is 49.8 Å². The molecule has 0 spiro atoms. The average Bonchev–Trinajstić information content (AvgIpc) is 2.48. The standard InChI is InChI=1S/C14H16N2O4/c1-2-14(17)20-13-7-9-15(10-8-13)11-3-5-12(6-4-11)16(18)19/h2-6,13H,1,7-10H2. The molecule has 0 amide bonds. The first-order chi connectivity index (χ1) is 9.60. The van der Waals surface area contributed by atoms with Crippen molar-refractivity contribution < 1.29 is 14.5 Å². The summed E-state index contributed by atoms with van der Waals surface area (Å²) in [7, 11) is 0. The van der Waals surface area contributed by atoms with Crippen LogP contribution in [0.2, 0.25) is 0 Å². The second-order valence-electron chi connectivity index (χ2n) is 4.60. The van der Waals surface area contributed by atoms with Gasteiger partial charge in [-0.05, 0) is 12.1 Å². The van der Waals surface area contributed by atoms with Gasteiger partial charge < -0.3 is 9.64 Å². The summed E-state index contributed by atoms with van der Waals surface area (Å²) in [6, 6.07) is 6.49. The molecule has 1 aliphatic rings. The molecule has 2 rings (SSSR count). The fourth-order valence-electron chi connectivity index (χ4n) is 2.23. The van der Waals surface area contributed by atoms with E-state index in [0.717, 1.165) is 31.6 Å². The molecule has 20 heavy (non-hydrogen) atoms. The first-order valence-corrected chi connectivity index (χ1v) is 6.42. The van der Waals surface area contributed by atoms with E-state index in [2.05, 4.69) is 11.5 Å². The lowest BCUT2D eigenvalue weighted by Crippen LogP contribution is -2.37. The van der Waals surface area contributed by atoms with E-state index < -0.39 is 10.9 Å². The van der Waals surface area contributed by atoms with Gasteiger partial charge in [0.25, 0.3) is 5.69 Å². The molecule has 0 saturated carbocycles. The van der Waals surface area contributed by atoms with Gasteiger partial charge in [-0.15, -0.1) is 0 Å². The van der Waals surface area contributed by atoms with Crippen LogP contribution in [0.4, 0.5) is 11.4 Å². The molecule has 0 aromatic heterocycles. The van der Waals surface area contributed by atoms with Gasteiger partial charge in [-0.1, -0.05) is 6.58 Å². The SMILES string of the molecule is C=CC(=O)OC1CCN(c2ccc([N+](=O)[O-])cc2)CC1. The topological polar surface area (TPSA) is 72.7 Å². The Bertz CT molecular complexity index is 504. The molecule has 0 aliphatic carbocycles. The van der Waals surface area contributed by atoms with Crippen LogP contribution in [-0.4, -0.2) is 30.1 Å². The number of nitro benzene ring substituents is 1. The van der Waals surface area contributed by atoms with Crippen molar-refractivity contribution in [3.63, 3.8) is 0 Å². The molecule has 0 unspecified atom stereocenters. The van der Waals surface area contributed by atoms with Crippen molar-refractivity contribution in [3.8, 4) is 0 Å². The zero-order chi connectivity index (χ0) is 14.5. The van der Waals surface area contributed by atoms with Crippen molar-refractivity contribution in [3.05, 3.63) is 47.0 Å². The van der Waals surface area contributed by atoms with Gasteiger partial charge in [-0.3, -0.25) is 10.1 Å². The summed E-state index contributed by atoms with van der Waals surface area (Å²) in [5.41, 5.74) is 1.03. The zero-order valence-electron chi connectivity index (χ0n) is 11.0. The molecule has 0 radical (unpaired) electrons. The molecule has 0 atom stereocenters. The van der Waals surface area contributed by atoms with Crippen molar-refractivity contribution in [1.82, 2.24) is 0 Å². The maximum atomic E-state index is 11.1. The molecule has 1 heterocycles. The van der Waals surface area contributed by atoms with E-state index in [4.69, 9.17) is 4.74 Å². The van der Waals surface area contributed by atoms with Crippen LogP contribution >= 0.6 is 0 Å². The van der Waals surface area contributed by atoms with E-state index in [1.54, 1.807) is 12.1 Å². The Morgan fingerprint density at radius 3 is 2.45 bits per heavy atom. The Hall–Kier alpha value is -2.37. The van der Waals surface area contributed by atoms with E-state index in [9.17, 15) is 14.9 Å². The maximum Gasteiger partial charge on any atom is 0.330 e. The van der Waals surface area contributed by atoms with Crippen molar-refractivity contribution in [2.45, 2.75) is 18.9 Å². The third-order valence-electron chi connectivity index (χ3n) is 3.32. The summed E-state index contributed by atoms with van der Waals surface area (Å²) in [6.45, 7) is 4.88. The minimum Gasteiger partial charge on any atom is -0.459 e. The zero-order valence-corrected chi connectivity index (χ0v) is 11.0. The largest absolute Gasteiger partial charge is 0.459 e. The molecule has 0 bridgehead atoms. The van der Waals surface area contributed by atoms with Gasteiger partial charge in [-0.25, -0.2) is 4.79 Å². The van der Waals surface area contributed by atoms with Crippen LogP contribution in [0, 0.1) is 10.1 Å². The average molecular weight is 276 g/mol. The van der Waals surface area contributed by atoms with Crippen molar-refractivity contribution in [1.29, 1.82) is 0 Å². The third-order valence-corrected chi connectivity index (χ3v) is 3.32. The summed E-state index contributed by atoms with van der Waals surface area (Å²) in [5.74, 6) is -0.390. The minimum atomic E-state index is -0.412. The van der Waals surface area contributed by atoms with Crippen LogP contribution in [0.3, 0.4) is 0 Å². The molecule has 6 heteroatoms. The second kappa shape index (κ2) is 6.18. The third kappa shape index (κ3) is 3.34. The number of anilines is 1. The Morgan fingerprint density at radius 2 is 1.95 bits per heavy atom. The van der Waals surface area contributed by atoms with Crippen LogP contribution in [-0.2, 0) is 9.53 Å². The van der Waals surface area contributed by atoms with Gasteiger partial charge in [0.15, 0.2) is 0 Å². The van der Waals surface area contributed by atoms with Crippen LogP contribution < -0.4 is 4.90 Å². The second-order valence-corrected chi connectivity index (χ2v) is 4.60. The lowest BCUT2D eigenvalue weighted by Gasteiger charge is -2.33. The van der Waals surface area contributed by atoms with Crippen molar-refractivity contribution >= 4 is 17.3 Å². The highest BCUT2D eigenvalue weighted by atomic mass is 16.6. The van der Waals surface area contributed by atoms with E-state index >= 15 is 0 Å². The van der Waals surface area contributed by atoms with Crippen molar-refractivity contribution in [2.24, 2.45) is 0 Å². The normalized spacial score (nSPS) is 15.7. The lowest BCUT2D eigenvalue weighted by molar-refractivity contribution is -0.384. The van der Waals surface area contributed by atoms with Crippen LogP contribution in [0.15, 0.2) is 36.9 Å². The fraction of sp³-hybridized carbons (Fsp3) is 0.357. The number of carbonyl (C=O) groups excluding carboxylic acids is 1. The number of hydrogen-bond acceptors (Lipinski definition) is 5. The van der Waals surface area contributed by atoms with E-state index in [1.165, 1.54) is 18.2 Å². The Labute approximate surface area is 116 Å². The van der Waals surface area contributed by atoms with Gasteiger partial charge in [0.05, 0.1) is 4.92 Å². The quantitative estimate of drug-likeness (QED) is 0.365. The monoisotopic (exact) mass is 276 g/mol. The Balaban J connectivity index is 1.91. The van der Waals surface area contributed by atoms with Gasteiger partial charge in [0.1, 0.15) is 6.10 Å². The molecule has 6 nitrogen and oxygen atoms in total. The first-order valence-electron chi connectivity index (χ1n) is 6.42. The number of ether oxygens (including phenoxy) is 1. The van der Waals surface area contributed by atoms with E-state index in [0.29, 0.717) is 0 Å². The number of carbonyl (C=O) groups is 1. The molecule has 1 aromatic rings. The Kier molecular flexibility index (Phi) is 4.34. The summed E-state index contributed by atoms with van der Waals surface area (Å²) in [6.07, 6.45) is 2.59. The smallest absolute Gasteiger partial charge is 0.330 e. The van der Waals surface area contributed by atoms with E-state index in [-0.39, 0.29) is 11.8 Å². The number of nitro groups is 1. The summed E-state index contributed by atoms with van der Waals surface area (Å²) < 4.78 is 5.20. The number of benzene rings is 1. The molecular weight excluding hydrogens is 260 g/mol.